The van der Waals surface area contributed by atoms with Gasteiger partial charge in [-0.15, -0.1) is 11.3 Å². The summed E-state index contributed by atoms with van der Waals surface area (Å²) in [5.41, 5.74) is 10.6. The topological polar surface area (TPSA) is 64.8 Å². The van der Waals surface area contributed by atoms with Crippen molar-refractivity contribution in [1.82, 2.24) is 4.90 Å². The highest BCUT2D eigenvalue weighted by Gasteiger charge is 2.30. The lowest BCUT2D eigenvalue weighted by atomic mass is 9.90. The molecular formula is C26H32N2O3S. The van der Waals surface area contributed by atoms with Crippen LogP contribution in [0.3, 0.4) is 0 Å². The summed E-state index contributed by atoms with van der Waals surface area (Å²) in [5, 5.41) is 3.60. The number of amides is 1. The quantitative estimate of drug-likeness (QED) is 0.524. The molecule has 0 spiro atoms. The molecule has 2 N–H and O–H groups in total. The highest BCUT2D eigenvalue weighted by Crippen LogP contribution is 2.36. The van der Waals surface area contributed by atoms with E-state index >= 15 is 0 Å². The van der Waals surface area contributed by atoms with Crippen molar-refractivity contribution in [3.05, 3.63) is 58.0 Å². The van der Waals surface area contributed by atoms with E-state index in [1.807, 2.05) is 11.0 Å². The molecule has 0 saturated carbocycles. The first-order chi connectivity index (χ1) is 15.3. The van der Waals surface area contributed by atoms with Gasteiger partial charge in [-0.3, -0.25) is 4.79 Å². The molecule has 1 unspecified atom stereocenters. The number of nitrogens with two attached hydrogens (primary N) is 1. The molecule has 2 heterocycles. The maximum absolute atomic E-state index is 13.1. The van der Waals surface area contributed by atoms with Crippen molar-refractivity contribution >= 4 is 27.3 Å². The second-order valence-electron chi connectivity index (χ2n) is 9.03. The molecule has 6 heteroatoms. The molecule has 3 aromatic rings. The van der Waals surface area contributed by atoms with Crippen LogP contribution in [0.25, 0.3) is 10.1 Å². The van der Waals surface area contributed by atoms with E-state index in [1.165, 1.54) is 21.2 Å². The number of hydrogen-bond donors (Lipinski definition) is 1. The van der Waals surface area contributed by atoms with Crippen LogP contribution in [0.4, 0.5) is 0 Å². The number of rotatable bonds is 8. The highest BCUT2D eigenvalue weighted by atomic mass is 32.1. The highest BCUT2D eigenvalue weighted by molar-refractivity contribution is 7.17. The van der Waals surface area contributed by atoms with E-state index in [9.17, 15) is 4.79 Å². The second-order valence-corrected chi connectivity index (χ2v) is 9.95. The molecular weight excluding hydrogens is 420 g/mol. The molecule has 0 bridgehead atoms. The van der Waals surface area contributed by atoms with Crippen molar-refractivity contribution in [2.75, 3.05) is 27.3 Å². The van der Waals surface area contributed by atoms with Gasteiger partial charge in [0.15, 0.2) is 11.5 Å². The summed E-state index contributed by atoms with van der Waals surface area (Å²) in [6.07, 6.45) is 3.35. The Morgan fingerprint density at radius 3 is 2.72 bits per heavy atom. The Labute approximate surface area is 194 Å². The fourth-order valence-corrected chi connectivity index (χ4v) is 5.47. The number of carbonyl (C=O) groups excluding carboxylic acids is 1. The van der Waals surface area contributed by atoms with Crippen LogP contribution in [-0.2, 0) is 12.8 Å². The molecule has 1 aromatic heterocycles. The predicted octanol–water partition coefficient (Wildman–Crippen LogP) is 4.97. The molecule has 0 fully saturated rings. The van der Waals surface area contributed by atoms with E-state index in [-0.39, 0.29) is 11.4 Å². The first-order valence-corrected chi connectivity index (χ1v) is 12.0. The molecule has 4 rings (SSSR count). The number of methoxy groups -OCH3 is 2. The number of fused-ring (bicyclic) bond motifs is 2. The van der Waals surface area contributed by atoms with Gasteiger partial charge < -0.3 is 20.1 Å². The molecule has 0 radical (unpaired) electrons. The zero-order chi connectivity index (χ0) is 22.9. The zero-order valence-corrected chi connectivity index (χ0v) is 20.2. The Morgan fingerprint density at radius 1 is 1.16 bits per heavy atom. The van der Waals surface area contributed by atoms with Crippen molar-refractivity contribution in [2.24, 2.45) is 5.73 Å². The minimum atomic E-state index is -0.337. The Morgan fingerprint density at radius 2 is 1.97 bits per heavy atom. The van der Waals surface area contributed by atoms with Crippen LogP contribution in [0.5, 0.6) is 11.5 Å². The second kappa shape index (κ2) is 9.12. The molecule has 5 nitrogen and oxygen atoms in total. The lowest BCUT2D eigenvalue weighted by Crippen LogP contribution is -2.44. The lowest BCUT2D eigenvalue weighted by molar-refractivity contribution is 0.0725. The summed E-state index contributed by atoms with van der Waals surface area (Å²) in [5.74, 6) is 1.38. The van der Waals surface area contributed by atoms with Gasteiger partial charge in [0.1, 0.15) is 0 Å². The summed E-state index contributed by atoms with van der Waals surface area (Å²) in [4.78, 5) is 15.0. The number of aryl methyl sites for hydroxylation is 2. The third-order valence-corrected chi connectivity index (χ3v) is 7.54. The number of ether oxygens (including phenoxy) is 2. The van der Waals surface area contributed by atoms with E-state index in [0.717, 1.165) is 31.2 Å². The number of thiophene rings is 1. The number of carbonyl (C=O) groups is 1. The molecule has 1 aliphatic rings. The average Bonchev–Trinajstić information content (AvgIpc) is 3.18. The molecule has 2 aromatic carbocycles. The Balaban J connectivity index is 1.39. The summed E-state index contributed by atoms with van der Waals surface area (Å²) in [6.45, 7) is 5.56. The predicted molar refractivity (Wildman–Crippen MR) is 131 cm³/mol. The summed E-state index contributed by atoms with van der Waals surface area (Å²) < 4.78 is 12.2. The van der Waals surface area contributed by atoms with Crippen molar-refractivity contribution < 1.29 is 14.3 Å². The number of nitrogens with zero attached hydrogens (tertiary/aromatic N) is 1. The monoisotopic (exact) mass is 452 g/mol. The van der Waals surface area contributed by atoms with E-state index in [1.54, 1.807) is 31.6 Å². The van der Waals surface area contributed by atoms with Crippen LogP contribution in [0.2, 0.25) is 0 Å². The average molecular weight is 453 g/mol. The molecule has 1 aliphatic heterocycles. The smallest absolute Gasteiger partial charge is 0.254 e. The normalized spacial score (nSPS) is 15.5. The van der Waals surface area contributed by atoms with Gasteiger partial charge in [0.2, 0.25) is 0 Å². The molecule has 1 atom stereocenters. The van der Waals surface area contributed by atoms with Gasteiger partial charge in [-0.2, -0.15) is 0 Å². The third kappa shape index (κ3) is 4.48. The molecule has 170 valence electrons. The molecule has 32 heavy (non-hydrogen) atoms. The van der Waals surface area contributed by atoms with Gasteiger partial charge in [0, 0.05) is 34.5 Å². The van der Waals surface area contributed by atoms with Crippen LogP contribution in [0.1, 0.15) is 46.8 Å². The minimum absolute atomic E-state index is 0.0438. The SMILES string of the molecule is COc1ccc2c(c1OC)CCN(CCC(C)(N)CCc1csc3ccc(C)cc13)C2=O. The van der Waals surface area contributed by atoms with Crippen LogP contribution in [-0.4, -0.2) is 43.7 Å². The first kappa shape index (κ1) is 22.6. The van der Waals surface area contributed by atoms with Crippen molar-refractivity contribution in [3.63, 3.8) is 0 Å². The van der Waals surface area contributed by atoms with E-state index in [2.05, 4.69) is 37.4 Å². The van der Waals surface area contributed by atoms with Gasteiger partial charge in [0.05, 0.1) is 14.2 Å². The van der Waals surface area contributed by atoms with Crippen molar-refractivity contribution in [1.29, 1.82) is 0 Å². The summed E-state index contributed by atoms with van der Waals surface area (Å²) in [6, 6.07) is 10.3. The van der Waals surface area contributed by atoms with Crippen molar-refractivity contribution in [2.45, 2.75) is 45.1 Å². The van der Waals surface area contributed by atoms with Gasteiger partial charge in [0.25, 0.3) is 5.91 Å². The molecule has 0 saturated heterocycles. The van der Waals surface area contributed by atoms with Crippen LogP contribution >= 0.6 is 11.3 Å². The van der Waals surface area contributed by atoms with Crippen LogP contribution in [0.15, 0.2) is 35.7 Å². The fourth-order valence-electron chi connectivity index (χ4n) is 4.50. The molecule has 0 aliphatic carbocycles. The largest absolute Gasteiger partial charge is 0.493 e. The fraction of sp³-hybridized carbons (Fsp3) is 0.423. The maximum atomic E-state index is 13.1. The lowest BCUT2D eigenvalue weighted by Gasteiger charge is -2.33. The van der Waals surface area contributed by atoms with E-state index in [4.69, 9.17) is 15.2 Å². The zero-order valence-electron chi connectivity index (χ0n) is 19.4. The van der Waals surface area contributed by atoms with Crippen molar-refractivity contribution in [3.8, 4) is 11.5 Å². The summed E-state index contributed by atoms with van der Waals surface area (Å²) in [7, 11) is 3.23. The maximum Gasteiger partial charge on any atom is 0.254 e. The van der Waals surface area contributed by atoms with E-state index in [0.29, 0.717) is 30.2 Å². The first-order valence-electron chi connectivity index (χ1n) is 11.1. The van der Waals surface area contributed by atoms with Gasteiger partial charge in [-0.05, 0) is 74.1 Å². The van der Waals surface area contributed by atoms with Crippen LogP contribution < -0.4 is 15.2 Å². The number of hydrogen-bond acceptors (Lipinski definition) is 5. The molecule has 1 amide bonds. The Bertz CT molecular complexity index is 1140. The van der Waals surface area contributed by atoms with E-state index < -0.39 is 0 Å². The van der Waals surface area contributed by atoms with Crippen LogP contribution in [0, 0.1) is 6.92 Å². The third-order valence-electron chi connectivity index (χ3n) is 6.53. The minimum Gasteiger partial charge on any atom is -0.493 e. The van der Waals surface area contributed by atoms with Gasteiger partial charge in [-0.1, -0.05) is 17.7 Å². The number of benzene rings is 2. The van der Waals surface area contributed by atoms with Gasteiger partial charge >= 0.3 is 0 Å². The van der Waals surface area contributed by atoms with Gasteiger partial charge in [-0.25, -0.2) is 0 Å². The Kier molecular flexibility index (Phi) is 6.45. The summed E-state index contributed by atoms with van der Waals surface area (Å²) >= 11 is 1.80. The Hall–Kier alpha value is -2.57. The standard InChI is InChI=1S/C26H32N2O3S/c1-17-5-8-23-21(15-17)18(16-32-23)9-11-26(2,27)12-14-28-13-10-19-20(25(28)29)6-7-22(30-3)24(19)31-4/h5-8,15-16H,9-14,27H2,1-4H3.